The molecule has 1 amide bonds. The molecular formula is C11H10FNO. The summed E-state index contributed by atoms with van der Waals surface area (Å²) < 4.78 is 13.1. The Bertz CT molecular complexity index is 423. The number of fused-ring (bicyclic) bond motifs is 2. The van der Waals surface area contributed by atoms with Crippen molar-refractivity contribution in [1.29, 1.82) is 0 Å². The molecule has 1 N–H and O–H groups in total. The van der Waals surface area contributed by atoms with E-state index < -0.39 is 0 Å². The van der Waals surface area contributed by atoms with Gasteiger partial charge in [-0.2, -0.15) is 0 Å². The lowest BCUT2D eigenvalue weighted by molar-refractivity contribution is 0.0937. The van der Waals surface area contributed by atoms with Crippen molar-refractivity contribution in [1.82, 2.24) is 5.32 Å². The smallest absolute Gasteiger partial charge is 0.251 e. The Hall–Kier alpha value is -1.38. The Labute approximate surface area is 81.1 Å². The van der Waals surface area contributed by atoms with Gasteiger partial charge in [-0.15, -0.1) is 0 Å². The molecule has 1 fully saturated rings. The maximum Gasteiger partial charge on any atom is 0.251 e. The molecule has 72 valence electrons. The number of benzene rings is 1. The fraction of sp³-hybridized carbons (Fsp3) is 0.364. The van der Waals surface area contributed by atoms with Crippen LogP contribution in [0, 0.1) is 5.82 Å². The lowest BCUT2D eigenvalue weighted by atomic mass is 9.88. The predicted molar refractivity (Wildman–Crippen MR) is 49.6 cm³/mol. The number of rotatable bonds is 0. The molecule has 1 saturated carbocycles. The minimum Gasteiger partial charge on any atom is -0.351 e. The van der Waals surface area contributed by atoms with Gasteiger partial charge in [0, 0.05) is 17.5 Å². The van der Waals surface area contributed by atoms with Crippen molar-refractivity contribution >= 4 is 5.91 Å². The summed E-state index contributed by atoms with van der Waals surface area (Å²) in [5.74, 6) is -0.317. The van der Waals surface area contributed by atoms with Crippen molar-refractivity contribution in [2.75, 3.05) is 6.54 Å². The lowest BCUT2D eigenvalue weighted by Crippen LogP contribution is -2.39. The average Bonchev–Trinajstić information content (AvgIpc) is 2.93. The second-order valence-electron chi connectivity index (χ2n) is 4.15. The fourth-order valence-corrected chi connectivity index (χ4v) is 2.19. The SMILES string of the molecule is O=C1NCC2(CC2)c2cc(F)ccc21. The Balaban J connectivity index is 2.22. The number of halogens is 1. The molecule has 0 bridgehead atoms. The fourth-order valence-electron chi connectivity index (χ4n) is 2.19. The first-order chi connectivity index (χ1) is 6.71. The molecule has 0 aromatic heterocycles. The molecule has 0 unspecified atom stereocenters. The van der Waals surface area contributed by atoms with Gasteiger partial charge < -0.3 is 5.32 Å². The molecule has 1 heterocycles. The lowest BCUT2D eigenvalue weighted by Gasteiger charge is -2.25. The summed E-state index contributed by atoms with van der Waals surface area (Å²) in [6.07, 6.45) is 2.12. The van der Waals surface area contributed by atoms with Gasteiger partial charge in [0.2, 0.25) is 0 Å². The van der Waals surface area contributed by atoms with Gasteiger partial charge in [0.25, 0.3) is 5.91 Å². The van der Waals surface area contributed by atoms with Crippen LogP contribution < -0.4 is 5.32 Å². The van der Waals surface area contributed by atoms with Crippen LogP contribution in [0.25, 0.3) is 0 Å². The number of carbonyl (C=O) groups excluding carboxylic acids is 1. The van der Waals surface area contributed by atoms with E-state index in [1.54, 1.807) is 6.07 Å². The third-order valence-electron chi connectivity index (χ3n) is 3.24. The summed E-state index contributed by atoms with van der Waals surface area (Å²) in [6.45, 7) is 0.669. The highest BCUT2D eigenvalue weighted by Crippen LogP contribution is 2.50. The van der Waals surface area contributed by atoms with Gasteiger partial charge in [0.05, 0.1) is 0 Å². The Morgan fingerprint density at radius 1 is 1.36 bits per heavy atom. The molecule has 14 heavy (non-hydrogen) atoms. The zero-order chi connectivity index (χ0) is 9.76. The Kier molecular flexibility index (Phi) is 1.34. The molecule has 0 radical (unpaired) electrons. The molecule has 0 atom stereocenters. The van der Waals surface area contributed by atoms with Crippen LogP contribution in [0.3, 0.4) is 0 Å². The quantitative estimate of drug-likeness (QED) is 0.663. The Morgan fingerprint density at radius 3 is 2.86 bits per heavy atom. The van der Waals surface area contributed by atoms with Crippen molar-refractivity contribution in [3.8, 4) is 0 Å². The van der Waals surface area contributed by atoms with Crippen LogP contribution in [-0.2, 0) is 5.41 Å². The van der Waals surface area contributed by atoms with Gasteiger partial charge in [0.15, 0.2) is 0 Å². The number of amides is 1. The molecular weight excluding hydrogens is 181 g/mol. The second kappa shape index (κ2) is 2.35. The molecule has 1 aromatic carbocycles. The van der Waals surface area contributed by atoms with E-state index in [2.05, 4.69) is 5.32 Å². The molecule has 1 aliphatic carbocycles. The number of hydrogen-bond donors (Lipinski definition) is 1. The molecule has 3 rings (SSSR count). The van der Waals surface area contributed by atoms with Gasteiger partial charge in [-0.3, -0.25) is 4.79 Å². The summed E-state index contributed by atoms with van der Waals surface area (Å²) in [5, 5.41) is 2.85. The van der Waals surface area contributed by atoms with Gasteiger partial charge in [-0.1, -0.05) is 0 Å². The highest BCUT2D eigenvalue weighted by molar-refractivity contribution is 5.97. The Morgan fingerprint density at radius 2 is 2.14 bits per heavy atom. The topological polar surface area (TPSA) is 29.1 Å². The third kappa shape index (κ3) is 0.924. The van der Waals surface area contributed by atoms with Crippen LogP contribution in [-0.4, -0.2) is 12.5 Å². The molecule has 1 spiro atoms. The van der Waals surface area contributed by atoms with Crippen LogP contribution >= 0.6 is 0 Å². The van der Waals surface area contributed by atoms with E-state index in [1.807, 2.05) is 0 Å². The maximum absolute atomic E-state index is 13.1. The standard InChI is InChI=1S/C11H10FNO/c12-7-1-2-8-9(5-7)11(3-4-11)6-13-10(8)14/h1-2,5H,3-4,6H2,(H,13,14). The van der Waals surface area contributed by atoms with E-state index in [-0.39, 0.29) is 17.1 Å². The molecule has 3 heteroatoms. The minimum absolute atomic E-state index is 0.0609. The van der Waals surface area contributed by atoms with Crippen LogP contribution in [0.1, 0.15) is 28.8 Å². The predicted octanol–water partition coefficient (Wildman–Crippen LogP) is 1.60. The largest absolute Gasteiger partial charge is 0.351 e. The van der Waals surface area contributed by atoms with Crippen molar-refractivity contribution in [2.24, 2.45) is 0 Å². The molecule has 0 saturated heterocycles. The van der Waals surface area contributed by atoms with Crippen molar-refractivity contribution < 1.29 is 9.18 Å². The van der Waals surface area contributed by atoms with Crippen LogP contribution in [0.15, 0.2) is 18.2 Å². The summed E-state index contributed by atoms with van der Waals surface area (Å²) in [5.41, 5.74) is 1.61. The highest BCUT2D eigenvalue weighted by Gasteiger charge is 2.48. The first-order valence-electron chi connectivity index (χ1n) is 4.80. The molecule has 2 aliphatic rings. The average molecular weight is 191 g/mol. The molecule has 1 aromatic rings. The van der Waals surface area contributed by atoms with Crippen molar-refractivity contribution in [3.05, 3.63) is 35.1 Å². The van der Waals surface area contributed by atoms with Crippen molar-refractivity contribution in [2.45, 2.75) is 18.3 Å². The van der Waals surface area contributed by atoms with E-state index in [1.165, 1.54) is 12.1 Å². The molecule has 1 aliphatic heterocycles. The maximum atomic E-state index is 13.1. The van der Waals surface area contributed by atoms with Gasteiger partial charge >= 0.3 is 0 Å². The summed E-state index contributed by atoms with van der Waals surface area (Å²) >= 11 is 0. The number of carbonyl (C=O) groups is 1. The number of nitrogens with one attached hydrogen (secondary N) is 1. The minimum atomic E-state index is -0.246. The zero-order valence-corrected chi connectivity index (χ0v) is 7.64. The van der Waals surface area contributed by atoms with Gasteiger partial charge in [-0.05, 0) is 36.6 Å². The summed E-state index contributed by atoms with van der Waals surface area (Å²) in [4.78, 5) is 11.5. The van der Waals surface area contributed by atoms with E-state index in [0.29, 0.717) is 12.1 Å². The van der Waals surface area contributed by atoms with Crippen LogP contribution in [0.4, 0.5) is 4.39 Å². The first kappa shape index (κ1) is 7.97. The third-order valence-corrected chi connectivity index (χ3v) is 3.24. The van der Waals surface area contributed by atoms with Gasteiger partial charge in [0.1, 0.15) is 5.82 Å². The highest BCUT2D eigenvalue weighted by atomic mass is 19.1. The van der Waals surface area contributed by atoms with Crippen LogP contribution in [0.2, 0.25) is 0 Å². The van der Waals surface area contributed by atoms with Crippen molar-refractivity contribution in [3.63, 3.8) is 0 Å². The summed E-state index contributed by atoms with van der Waals surface area (Å²) in [6, 6.07) is 4.44. The molecule has 2 nitrogen and oxygen atoms in total. The first-order valence-corrected chi connectivity index (χ1v) is 4.80. The normalized spacial score (nSPS) is 21.6. The monoisotopic (exact) mass is 191 g/mol. The summed E-state index contributed by atoms with van der Waals surface area (Å²) in [7, 11) is 0. The van der Waals surface area contributed by atoms with E-state index in [9.17, 15) is 9.18 Å². The number of hydrogen-bond acceptors (Lipinski definition) is 1. The van der Waals surface area contributed by atoms with Crippen LogP contribution in [0.5, 0.6) is 0 Å². The van der Waals surface area contributed by atoms with E-state index in [0.717, 1.165) is 18.4 Å². The van der Waals surface area contributed by atoms with Gasteiger partial charge in [-0.25, -0.2) is 4.39 Å². The second-order valence-corrected chi connectivity index (χ2v) is 4.15. The van der Waals surface area contributed by atoms with E-state index >= 15 is 0 Å². The van der Waals surface area contributed by atoms with E-state index in [4.69, 9.17) is 0 Å². The zero-order valence-electron chi connectivity index (χ0n) is 7.64.